The second-order valence-corrected chi connectivity index (χ2v) is 3.07. The number of carbonyl (C=O) groups is 1. The first-order valence-electron chi connectivity index (χ1n) is 4.86. The van der Waals surface area contributed by atoms with Crippen molar-refractivity contribution in [2.24, 2.45) is 0 Å². The van der Waals surface area contributed by atoms with Crippen LogP contribution in [-0.4, -0.2) is 19.2 Å². The molecule has 0 amide bonds. The third-order valence-corrected chi connectivity index (χ3v) is 1.79. The van der Waals surface area contributed by atoms with Crippen LogP contribution < -0.4 is 4.74 Å². The summed E-state index contributed by atoms with van der Waals surface area (Å²) in [6.07, 6.45) is 0. The van der Waals surface area contributed by atoms with Crippen LogP contribution in [0.2, 0.25) is 0 Å². The van der Waals surface area contributed by atoms with E-state index in [9.17, 15) is 9.18 Å². The minimum Gasteiger partial charge on any atom is -0.489 e. The predicted molar refractivity (Wildman–Crippen MR) is 57.7 cm³/mol. The van der Waals surface area contributed by atoms with Gasteiger partial charge in [-0.2, -0.15) is 0 Å². The van der Waals surface area contributed by atoms with Crippen molar-refractivity contribution < 1.29 is 18.7 Å². The first-order valence-corrected chi connectivity index (χ1v) is 4.86. The number of halogens is 1. The molecular formula is C12H13FO3. The fraction of sp³-hybridized carbons (Fsp3) is 0.250. The predicted octanol–water partition coefficient (Wildman–Crippen LogP) is 2.32. The zero-order valence-corrected chi connectivity index (χ0v) is 9.03. The van der Waals surface area contributed by atoms with Gasteiger partial charge in [-0.15, -0.1) is 0 Å². The highest BCUT2D eigenvalue weighted by Gasteiger charge is 2.08. The average Bonchev–Trinajstić information content (AvgIpc) is 2.28. The number of rotatable bonds is 5. The van der Waals surface area contributed by atoms with Gasteiger partial charge in [0.05, 0.1) is 12.2 Å². The van der Waals surface area contributed by atoms with Crippen LogP contribution in [0.4, 0.5) is 4.39 Å². The van der Waals surface area contributed by atoms with Gasteiger partial charge in [0, 0.05) is 0 Å². The molecule has 0 aliphatic rings. The standard InChI is InChI=1S/C12H13FO3/c1-3-15-12(14)9(2)8-16-11-6-4-10(13)5-7-11/h4-7H,2-3,8H2,1H3. The van der Waals surface area contributed by atoms with Gasteiger partial charge in [0.25, 0.3) is 0 Å². The first-order chi connectivity index (χ1) is 7.63. The fourth-order valence-corrected chi connectivity index (χ4v) is 0.993. The third-order valence-electron chi connectivity index (χ3n) is 1.79. The molecule has 0 radical (unpaired) electrons. The highest BCUT2D eigenvalue weighted by molar-refractivity contribution is 5.88. The molecule has 0 spiro atoms. The Balaban J connectivity index is 2.42. The molecule has 0 bridgehead atoms. The van der Waals surface area contributed by atoms with Crippen LogP contribution in [0, 0.1) is 5.82 Å². The van der Waals surface area contributed by atoms with Gasteiger partial charge in [0.1, 0.15) is 18.2 Å². The highest BCUT2D eigenvalue weighted by Crippen LogP contribution is 2.12. The van der Waals surface area contributed by atoms with Gasteiger partial charge in [-0.3, -0.25) is 0 Å². The van der Waals surface area contributed by atoms with Crippen molar-refractivity contribution in [3.8, 4) is 5.75 Å². The Bertz CT molecular complexity index is 370. The van der Waals surface area contributed by atoms with E-state index in [-0.39, 0.29) is 18.0 Å². The second kappa shape index (κ2) is 5.90. The Morgan fingerprint density at radius 1 is 1.38 bits per heavy atom. The van der Waals surface area contributed by atoms with Crippen LogP contribution in [0.5, 0.6) is 5.75 Å². The third kappa shape index (κ3) is 3.73. The molecule has 4 heteroatoms. The molecule has 0 N–H and O–H groups in total. The van der Waals surface area contributed by atoms with Crippen LogP contribution in [0.15, 0.2) is 36.4 Å². The van der Waals surface area contributed by atoms with E-state index < -0.39 is 5.97 Å². The van der Waals surface area contributed by atoms with Crippen molar-refractivity contribution in [2.75, 3.05) is 13.2 Å². The Morgan fingerprint density at radius 2 is 2.00 bits per heavy atom. The van der Waals surface area contributed by atoms with Crippen molar-refractivity contribution in [3.05, 3.63) is 42.2 Å². The summed E-state index contributed by atoms with van der Waals surface area (Å²) in [7, 11) is 0. The zero-order valence-electron chi connectivity index (χ0n) is 9.03. The van der Waals surface area contributed by atoms with Gasteiger partial charge in [-0.05, 0) is 31.2 Å². The molecule has 0 saturated carbocycles. The Kier molecular flexibility index (Phi) is 4.51. The molecule has 0 atom stereocenters. The number of benzene rings is 1. The molecule has 0 unspecified atom stereocenters. The summed E-state index contributed by atoms with van der Waals surface area (Å²) >= 11 is 0. The number of carbonyl (C=O) groups excluding carboxylic acids is 1. The quantitative estimate of drug-likeness (QED) is 0.568. The first kappa shape index (κ1) is 12.2. The van der Waals surface area contributed by atoms with E-state index in [0.29, 0.717) is 12.4 Å². The van der Waals surface area contributed by atoms with Crippen LogP contribution in [-0.2, 0) is 9.53 Å². The van der Waals surface area contributed by atoms with E-state index in [2.05, 4.69) is 6.58 Å². The molecule has 0 heterocycles. The minimum atomic E-state index is -0.482. The van der Waals surface area contributed by atoms with Crippen LogP contribution in [0.25, 0.3) is 0 Å². The summed E-state index contributed by atoms with van der Waals surface area (Å²) in [5, 5.41) is 0. The van der Waals surface area contributed by atoms with Crippen LogP contribution in [0.3, 0.4) is 0 Å². The molecule has 3 nitrogen and oxygen atoms in total. The lowest BCUT2D eigenvalue weighted by atomic mass is 10.3. The lowest BCUT2D eigenvalue weighted by Crippen LogP contribution is -2.13. The topological polar surface area (TPSA) is 35.5 Å². The number of esters is 1. The normalized spacial score (nSPS) is 9.62. The maximum Gasteiger partial charge on any atom is 0.336 e. The van der Waals surface area contributed by atoms with Gasteiger partial charge in [0.2, 0.25) is 0 Å². The Labute approximate surface area is 93.5 Å². The summed E-state index contributed by atoms with van der Waals surface area (Å²) in [6, 6.07) is 5.52. The van der Waals surface area contributed by atoms with E-state index in [1.165, 1.54) is 24.3 Å². The summed E-state index contributed by atoms with van der Waals surface area (Å²) < 4.78 is 22.5. The van der Waals surface area contributed by atoms with Crippen LogP contribution >= 0.6 is 0 Å². The van der Waals surface area contributed by atoms with Gasteiger partial charge >= 0.3 is 5.97 Å². The summed E-state index contributed by atoms with van der Waals surface area (Å²) in [6.45, 7) is 5.58. The van der Waals surface area contributed by atoms with Crippen molar-refractivity contribution in [1.29, 1.82) is 0 Å². The molecule has 86 valence electrons. The molecule has 0 aromatic heterocycles. The van der Waals surface area contributed by atoms with Crippen molar-refractivity contribution in [1.82, 2.24) is 0 Å². The van der Waals surface area contributed by atoms with Crippen molar-refractivity contribution >= 4 is 5.97 Å². The van der Waals surface area contributed by atoms with Crippen molar-refractivity contribution in [2.45, 2.75) is 6.92 Å². The lowest BCUT2D eigenvalue weighted by Gasteiger charge is -2.07. The molecule has 0 fully saturated rings. The van der Waals surface area contributed by atoms with E-state index >= 15 is 0 Å². The van der Waals surface area contributed by atoms with E-state index in [0.717, 1.165) is 0 Å². The number of hydrogen-bond acceptors (Lipinski definition) is 3. The fourth-order valence-electron chi connectivity index (χ4n) is 0.993. The molecular weight excluding hydrogens is 211 g/mol. The van der Waals surface area contributed by atoms with E-state index in [1.807, 2.05) is 0 Å². The van der Waals surface area contributed by atoms with Gasteiger partial charge in [-0.25, -0.2) is 9.18 Å². The smallest absolute Gasteiger partial charge is 0.336 e. The minimum absolute atomic E-state index is 0.0322. The molecule has 1 rings (SSSR count). The Morgan fingerprint density at radius 3 is 2.56 bits per heavy atom. The summed E-state index contributed by atoms with van der Waals surface area (Å²) in [4.78, 5) is 11.2. The molecule has 0 aliphatic carbocycles. The van der Waals surface area contributed by atoms with Gasteiger partial charge in [-0.1, -0.05) is 6.58 Å². The zero-order chi connectivity index (χ0) is 12.0. The molecule has 0 aliphatic heterocycles. The number of ether oxygens (including phenoxy) is 2. The maximum absolute atomic E-state index is 12.6. The SMILES string of the molecule is C=C(COc1ccc(F)cc1)C(=O)OCC. The maximum atomic E-state index is 12.6. The molecule has 16 heavy (non-hydrogen) atoms. The highest BCUT2D eigenvalue weighted by atomic mass is 19.1. The van der Waals surface area contributed by atoms with E-state index in [1.54, 1.807) is 6.92 Å². The van der Waals surface area contributed by atoms with Crippen LogP contribution in [0.1, 0.15) is 6.92 Å². The van der Waals surface area contributed by atoms with Gasteiger partial charge in [0.15, 0.2) is 0 Å². The molecule has 1 aromatic rings. The summed E-state index contributed by atoms with van der Waals surface area (Å²) in [5.74, 6) is -0.340. The second-order valence-electron chi connectivity index (χ2n) is 3.07. The lowest BCUT2D eigenvalue weighted by molar-refractivity contribution is -0.138. The monoisotopic (exact) mass is 224 g/mol. The Hall–Kier alpha value is -1.84. The summed E-state index contributed by atoms with van der Waals surface area (Å²) in [5.41, 5.74) is 0.228. The molecule has 1 aromatic carbocycles. The largest absolute Gasteiger partial charge is 0.489 e. The molecule has 0 saturated heterocycles. The van der Waals surface area contributed by atoms with Gasteiger partial charge < -0.3 is 9.47 Å². The average molecular weight is 224 g/mol. The number of hydrogen-bond donors (Lipinski definition) is 0. The van der Waals surface area contributed by atoms with Crippen molar-refractivity contribution in [3.63, 3.8) is 0 Å². The van der Waals surface area contributed by atoms with E-state index in [4.69, 9.17) is 9.47 Å².